The summed E-state index contributed by atoms with van der Waals surface area (Å²) in [7, 11) is 1.61. The Balaban J connectivity index is 2.35. The lowest BCUT2D eigenvalue weighted by atomic mass is 10.1. The first-order chi connectivity index (χ1) is 10.1. The largest absolute Gasteiger partial charge is 0.380 e. The van der Waals surface area contributed by atoms with Gasteiger partial charge < -0.3 is 15.5 Å². The van der Waals surface area contributed by atoms with E-state index in [0.717, 1.165) is 11.3 Å². The molecule has 4 N–H and O–H groups in total. The molecule has 0 radical (unpaired) electrons. The van der Waals surface area contributed by atoms with Gasteiger partial charge in [-0.3, -0.25) is 16.0 Å². The number of hydrazine groups is 1. The molecular formula is C14H16N4O3. The zero-order valence-corrected chi connectivity index (χ0v) is 11.5. The van der Waals surface area contributed by atoms with Crippen LogP contribution in [-0.2, 0) is 11.3 Å². The van der Waals surface area contributed by atoms with E-state index in [1.807, 2.05) is 24.3 Å². The number of methoxy groups -OCH3 is 1. The molecule has 0 aliphatic rings. The van der Waals surface area contributed by atoms with Crippen LogP contribution in [0.5, 0.6) is 0 Å². The molecule has 21 heavy (non-hydrogen) atoms. The van der Waals surface area contributed by atoms with Gasteiger partial charge in [0.2, 0.25) is 0 Å². The Morgan fingerprint density at radius 1 is 1.24 bits per heavy atom. The van der Waals surface area contributed by atoms with Gasteiger partial charge in [-0.05, 0) is 12.1 Å². The fourth-order valence-corrected chi connectivity index (χ4v) is 1.95. The van der Waals surface area contributed by atoms with E-state index >= 15 is 0 Å². The van der Waals surface area contributed by atoms with E-state index in [0.29, 0.717) is 18.0 Å². The molecule has 0 aliphatic heterocycles. The van der Waals surface area contributed by atoms with Crippen molar-refractivity contribution in [3.8, 4) is 0 Å². The minimum absolute atomic E-state index is 0.0443. The first kappa shape index (κ1) is 14.8. The van der Waals surface area contributed by atoms with Crippen LogP contribution in [-0.4, -0.2) is 12.0 Å². The summed E-state index contributed by atoms with van der Waals surface area (Å²) in [6.45, 7) is 0.445. The molecule has 110 valence electrons. The molecule has 0 amide bonds. The third kappa shape index (κ3) is 3.68. The van der Waals surface area contributed by atoms with E-state index in [1.54, 1.807) is 13.2 Å². The molecule has 0 fully saturated rings. The highest BCUT2D eigenvalue weighted by Gasteiger charge is 2.10. The number of non-ortho nitro benzene ring substituents is 1. The Morgan fingerprint density at radius 3 is 2.62 bits per heavy atom. The van der Waals surface area contributed by atoms with Crippen molar-refractivity contribution in [3.63, 3.8) is 0 Å². The van der Waals surface area contributed by atoms with Crippen molar-refractivity contribution in [1.29, 1.82) is 0 Å². The molecule has 0 unspecified atom stereocenters. The van der Waals surface area contributed by atoms with Gasteiger partial charge in [0.1, 0.15) is 0 Å². The molecular weight excluding hydrogens is 272 g/mol. The van der Waals surface area contributed by atoms with Crippen LogP contribution in [0, 0.1) is 10.1 Å². The molecule has 2 rings (SSSR count). The second kappa shape index (κ2) is 6.69. The van der Waals surface area contributed by atoms with Gasteiger partial charge in [0.15, 0.2) is 0 Å². The van der Waals surface area contributed by atoms with Crippen LogP contribution in [0.4, 0.5) is 22.7 Å². The fraction of sp³-hybridized carbons (Fsp3) is 0.143. The fourth-order valence-electron chi connectivity index (χ4n) is 1.95. The van der Waals surface area contributed by atoms with Crippen molar-refractivity contribution >= 4 is 22.7 Å². The Bertz CT molecular complexity index is 646. The summed E-state index contributed by atoms with van der Waals surface area (Å²) in [5.41, 5.74) is 5.17. The number of anilines is 3. The normalized spacial score (nSPS) is 10.2. The van der Waals surface area contributed by atoms with E-state index < -0.39 is 4.92 Å². The summed E-state index contributed by atoms with van der Waals surface area (Å²) in [4.78, 5) is 10.5. The van der Waals surface area contributed by atoms with Crippen LogP contribution in [0.3, 0.4) is 0 Å². The number of nitrogen functional groups attached to an aromatic ring is 1. The van der Waals surface area contributed by atoms with Crippen molar-refractivity contribution in [2.45, 2.75) is 6.61 Å². The lowest BCUT2D eigenvalue weighted by Gasteiger charge is -2.12. The highest BCUT2D eigenvalue weighted by molar-refractivity contribution is 5.70. The Morgan fingerprint density at radius 2 is 1.95 bits per heavy atom. The van der Waals surface area contributed by atoms with Gasteiger partial charge in [0, 0.05) is 36.2 Å². The van der Waals surface area contributed by atoms with Crippen LogP contribution in [0.15, 0.2) is 42.5 Å². The summed E-state index contributed by atoms with van der Waals surface area (Å²) >= 11 is 0. The minimum Gasteiger partial charge on any atom is -0.380 e. The van der Waals surface area contributed by atoms with Gasteiger partial charge >= 0.3 is 0 Å². The summed E-state index contributed by atoms with van der Waals surface area (Å²) in [6.07, 6.45) is 0. The number of hydrogen-bond acceptors (Lipinski definition) is 6. The third-order valence-corrected chi connectivity index (χ3v) is 2.89. The van der Waals surface area contributed by atoms with Crippen molar-refractivity contribution in [3.05, 3.63) is 58.1 Å². The Kier molecular flexibility index (Phi) is 4.70. The summed E-state index contributed by atoms with van der Waals surface area (Å²) in [5, 5.41) is 14.1. The maximum atomic E-state index is 10.9. The van der Waals surface area contributed by atoms with E-state index in [-0.39, 0.29) is 5.69 Å². The van der Waals surface area contributed by atoms with Crippen molar-refractivity contribution in [2.24, 2.45) is 5.84 Å². The topological polar surface area (TPSA) is 102 Å². The minimum atomic E-state index is -0.465. The van der Waals surface area contributed by atoms with Gasteiger partial charge in [-0.1, -0.05) is 18.2 Å². The van der Waals surface area contributed by atoms with Crippen LogP contribution in [0.1, 0.15) is 5.56 Å². The zero-order valence-electron chi connectivity index (χ0n) is 11.5. The van der Waals surface area contributed by atoms with E-state index in [4.69, 9.17) is 10.6 Å². The number of nitrogens with two attached hydrogens (primary N) is 1. The number of nitro groups is 1. The molecule has 0 bridgehead atoms. The van der Waals surface area contributed by atoms with Gasteiger partial charge in [-0.15, -0.1) is 0 Å². The molecule has 0 aromatic heterocycles. The highest BCUT2D eigenvalue weighted by Crippen LogP contribution is 2.28. The van der Waals surface area contributed by atoms with E-state index in [9.17, 15) is 10.1 Å². The van der Waals surface area contributed by atoms with Crippen LogP contribution in [0.25, 0.3) is 0 Å². The predicted molar refractivity (Wildman–Crippen MR) is 81.3 cm³/mol. The number of benzene rings is 2. The molecule has 0 aliphatic carbocycles. The maximum absolute atomic E-state index is 10.9. The third-order valence-electron chi connectivity index (χ3n) is 2.89. The van der Waals surface area contributed by atoms with E-state index in [2.05, 4.69) is 10.7 Å². The van der Waals surface area contributed by atoms with Crippen LogP contribution in [0.2, 0.25) is 0 Å². The van der Waals surface area contributed by atoms with Crippen molar-refractivity contribution < 1.29 is 9.66 Å². The van der Waals surface area contributed by atoms with Crippen LogP contribution >= 0.6 is 0 Å². The molecule has 0 heterocycles. The standard InChI is InChI=1S/C14H16N4O3/c1-21-9-10-4-2-3-5-14(10)16-11-6-12(17-15)8-13(7-11)18(19)20/h2-8,16-17H,9,15H2,1H3. The molecule has 7 nitrogen and oxygen atoms in total. The summed E-state index contributed by atoms with van der Waals surface area (Å²) in [5.74, 6) is 5.34. The van der Waals surface area contributed by atoms with Gasteiger partial charge in [0.05, 0.1) is 17.2 Å². The van der Waals surface area contributed by atoms with E-state index in [1.165, 1.54) is 12.1 Å². The predicted octanol–water partition coefficient (Wildman–Crippen LogP) is 2.77. The number of nitrogens with one attached hydrogen (secondary N) is 2. The lowest BCUT2D eigenvalue weighted by molar-refractivity contribution is -0.384. The van der Waals surface area contributed by atoms with Gasteiger partial charge in [-0.2, -0.15) is 0 Å². The second-order valence-corrected chi connectivity index (χ2v) is 4.39. The maximum Gasteiger partial charge on any atom is 0.273 e. The summed E-state index contributed by atoms with van der Waals surface area (Å²) in [6, 6.07) is 12.1. The number of ether oxygens (including phenoxy) is 1. The molecule has 0 saturated carbocycles. The smallest absolute Gasteiger partial charge is 0.273 e. The quantitative estimate of drug-likeness (QED) is 0.429. The van der Waals surface area contributed by atoms with Crippen molar-refractivity contribution in [2.75, 3.05) is 17.9 Å². The lowest BCUT2D eigenvalue weighted by Crippen LogP contribution is -2.07. The molecule has 2 aromatic carbocycles. The van der Waals surface area contributed by atoms with Crippen molar-refractivity contribution in [1.82, 2.24) is 0 Å². The Hall–Kier alpha value is -2.64. The molecule has 0 saturated heterocycles. The first-order valence-corrected chi connectivity index (χ1v) is 6.24. The second-order valence-electron chi connectivity index (χ2n) is 4.39. The first-order valence-electron chi connectivity index (χ1n) is 6.24. The summed E-state index contributed by atoms with van der Waals surface area (Å²) < 4.78 is 5.13. The molecule has 0 atom stereocenters. The SMILES string of the molecule is COCc1ccccc1Nc1cc(NN)cc([N+](=O)[O-])c1. The Labute approximate surface area is 121 Å². The number of hydrogen-bond donors (Lipinski definition) is 3. The number of para-hydroxylation sites is 1. The number of nitrogens with zero attached hydrogens (tertiary/aromatic N) is 1. The molecule has 0 spiro atoms. The van der Waals surface area contributed by atoms with Crippen LogP contribution < -0.4 is 16.6 Å². The average Bonchev–Trinajstić information content (AvgIpc) is 2.49. The average molecular weight is 288 g/mol. The van der Waals surface area contributed by atoms with Gasteiger partial charge in [0.25, 0.3) is 5.69 Å². The zero-order chi connectivity index (χ0) is 15.2. The highest BCUT2D eigenvalue weighted by atomic mass is 16.6. The monoisotopic (exact) mass is 288 g/mol. The number of nitro benzene ring substituents is 1. The number of rotatable bonds is 6. The van der Waals surface area contributed by atoms with Gasteiger partial charge in [-0.25, -0.2) is 0 Å². The molecule has 7 heteroatoms. The molecule has 2 aromatic rings.